The van der Waals surface area contributed by atoms with Crippen molar-refractivity contribution in [3.05, 3.63) is 92.6 Å². The summed E-state index contributed by atoms with van der Waals surface area (Å²) in [7, 11) is 3.29. The van der Waals surface area contributed by atoms with Crippen molar-refractivity contribution in [1.29, 1.82) is 0 Å². The first kappa shape index (κ1) is 34.7. The third-order valence-corrected chi connectivity index (χ3v) is 10.3. The Hall–Kier alpha value is -4.75. The van der Waals surface area contributed by atoms with Gasteiger partial charge in [-0.2, -0.15) is 5.10 Å². The van der Waals surface area contributed by atoms with E-state index in [0.717, 1.165) is 39.8 Å². The minimum Gasteiger partial charge on any atom is -0.481 e. The molecule has 2 amide bonds. The third kappa shape index (κ3) is 7.22. The van der Waals surface area contributed by atoms with Gasteiger partial charge in [-0.05, 0) is 24.5 Å². The van der Waals surface area contributed by atoms with Crippen LogP contribution in [0.4, 0.5) is 0 Å². The van der Waals surface area contributed by atoms with Crippen molar-refractivity contribution in [2.45, 2.75) is 38.4 Å². The number of methoxy groups -OCH3 is 1. The quantitative estimate of drug-likeness (QED) is 0.149. The van der Waals surface area contributed by atoms with Crippen LogP contribution >= 0.6 is 23.2 Å². The summed E-state index contributed by atoms with van der Waals surface area (Å²) < 4.78 is 8.78. The molecular formula is C37H38Cl2N8O4. The fraction of sp³-hybridized carbons (Fsp3) is 0.324. The molecule has 5 heterocycles. The van der Waals surface area contributed by atoms with E-state index in [1.807, 2.05) is 48.5 Å². The molecule has 2 saturated heterocycles. The SMILES string of the molecule is COc1nc(-c2cccc(-c3cccc(-c4cc5c(=O)n(C)c(CNC[C@@H]6CNC(=O)C6)nn5c4)c3Cl)c2Cl)ccc1CNC[C@@H]1CCC(=O)N1. The van der Waals surface area contributed by atoms with E-state index >= 15 is 0 Å². The van der Waals surface area contributed by atoms with E-state index in [0.29, 0.717) is 78.5 Å². The molecule has 7 rings (SSSR count). The highest BCUT2D eigenvalue weighted by atomic mass is 35.5. The predicted octanol–water partition coefficient (Wildman–Crippen LogP) is 4.34. The van der Waals surface area contributed by atoms with E-state index in [1.165, 1.54) is 4.57 Å². The number of hydrogen-bond acceptors (Lipinski definition) is 8. The number of halogens is 2. The predicted molar refractivity (Wildman–Crippen MR) is 197 cm³/mol. The first-order valence-electron chi connectivity index (χ1n) is 16.9. The van der Waals surface area contributed by atoms with Gasteiger partial charge in [-0.25, -0.2) is 9.50 Å². The number of ether oxygens (including phenoxy) is 1. The molecule has 0 unspecified atom stereocenters. The van der Waals surface area contributed by atoms with Crippen LogP contribution in [-0.2, 0) is 29.7 Å². The molecule has 2 aromatic carbocycles. The molecular weight excluding hydrogens is 691 g/mol. The van der Waals surface area contributed by atoms with Crippen LogP contribution in [0.1, 0.15) is 30.7 Å². The van der Waals surface area contributed by atoms with E-state index in [4.69, 9.17) is 38.0 Å². The Labute approximate surface area is 304 Å². The summed E-state index contributed by atoms with van der Waals surface area (Å²) in [5.41, 5.74) is 5.44. The molecule has 0 radical (unpaired) electrons. The summed E-state index contributed by atoms with van der Waals surface area (Å²) in [6.45, 7) is 2.88. The minimum absolute atomic E-state index is 0.0624. The Kier molecular flexibility index (Phi) is 10.1. The molecule has 0 aliphatic carbocycles. The Morgan fingerprint density at radius 1 is 0.922 bits per heavy atom. The number of rotatable bonds is 12. The van der Waals surface area contributed by atoms with Gasteiger partial charge >= 0.3 is 0 Å². The van der Waals surface area contributed by atoms with Gasteiger partial charge in [0.25, 0.3) is 5.56 Å². The first-order valence-corrected chi connectivity index (χ1v) is 17.6. The van der Waals surface area contributed by atoms with Crippen LogP contribution in [0.25, 0.3) is 39.0 Å². The zero-order valence-electron chi connectivity index (χ0n) is 28.3. The third-order valence-electron chi connectivity index (χ3n) is 9.51. The summed E-state index contributed by atoms with van der Waals surface area (Å²) in [6.07, 6.45) is 3.69. The summed E-state index contributed by atoms with van der Waals surface area (Å²) >= 11 is 14.2. The topological polar surface area (TPSA) is 144 Å². The average molecular weight is 730 g/mol. The van der Waals surface area contributed by atoms with Gasteiger partial charge in [0.15, 0.2) is 0 Å². The van der Waals surface area contributed by atoms with Crippen molar-refractivity contribution in [2.24, 2.45) is 13.0 Å². The number of amides is 2. The summed E-state index contributed by atoms with van der Waals surface area (Å²) in [4.78, 5) is 41.2. The molecule has 4 N–H and O–H groups in total. The number of fused-ring (bicyclic) bond motifs is 1. The number of pyridine rings is 1. The molecule has 0 bridgehead atoms. The van der Waals surface area contributed by atoms with Gasteiger partial charge in [-0.15, -0.1) is 0 Å². The fourth-order valence-corrected chi connectivity index (χ4v) is 7.38. The largest absolute Gasteiger partial charge is 0.481 e. The molecule has 2 aliphatic heterocycles. The Balaban J connectivity index is 1.13. The van der Waals surface area contributed by atoms with Gasteiger partial charge in [0.2, 0.25) is 17.7 Å². The first-order chi connectivity index (χ1) is 24.7. The van der Waals surface area contributed by atoms with Crippen LogP contribution in [0.2, 0.25) is 10.0 Å². The molecule has 0 saturated carbocycles. The number of hydrogen-bond donors (Lipinski definition) is 4. The lowest BCUT2D eigenvalue weighted by Crippen LogP contribution is -2.35. The van der Waals surface area contributed by atoms with Gasteiger partial charge in [0, 0.05) is 91.7 Å². The van der Waals surface area contributed by atoms with Crippen molar-refractivity contribution in [2.75, 3.05) is 26.7 Å². The zero-order chi connectivity index (χ0) is 35.6. The van der Waals surface area contributed by atoms with Gasteiger partial charge in [0.05, 0.1) is 29.4 Å². The maximum atomic E-state index is 13.4. The summed E-state index contributed by atoms with van der Waals surface area (Å²) in [5, 5.41) is 18.2. The standard InChI is InChI=1S/C37H38Cl2N8O4/c1-46-31(19-40-15-21-13-33(49)42-16-21)45-47-20-23(14-30(47)37(46)50)25-5-3-6-26(34(25)38)27-7-4-8-28(35(27)39)29-11-9-22(36(44-29)51-2)17-41-18-24-10-12-32(48)43-24/h3-9,11,14,20-21,24,40-41H,10,12-13,15-19H2,1-2H3,(H,42,49)(H,43,48)/t21-,24+/m1/s1. The Bertz CT molecular complexity index is 2200. The van der Waals surface area contributed by atoms with Gasteiger partial charge in [0.1, 0.15) is 11.3 Å². The molecule has 0 spiro atoms. The smallest absolute Gasteiger partial charge is 0.277 e. The van der Waals surface area contributed by atoms with Crippen LogP contribution in [0.15, 0.2) is 65.6 Å². The maximum Gasteiger partial charge on any atom is 0.277 e. The van der Waals surface area contributed by atoms with Crippen molar-refractivity contribution in [3.63, 3.8) is 0 Å². The number of nitrogens with zero attached hydrogens (tertiary/aromatic N) is 4. The summed E-state index contributed by atoms with van der Waals surface area (Å²) in [5.74, 6) is 1.43. The molecule has 5 aromatic rings. The van der Waals surface area contributed by atoms with E-state index < -0.39 is 0 Å². The minimum atomic E-state index is -0.180. The zero-order valence-corrected chi connectivity index (χ0v) is 29.8. The molecule has 12 nitrogen and oxygen atoms in total. The van der Waals surface area contributed by atoms with E-state index in [-0.39, 0.29) is 29.3 Å². The van der Waals surface area contributed by atoms with Crippen molar-refractivity contribution >= 4 is 40.5 Å². The highest BCUT2D eigenvalue weighted by Gasteiger charge is 2.23. The number of benzene rings is 2. The Morgan fingerprint density at radius 3 is 2.35 bits per heavy atom. The van der Waals surface area contributed by atoms with Crippen molar-refractivity contribution in [1.82, 2.24) is 40.4 Å². The lowest BCUT2D eigenvalue weighted by Gasteiger charge is -2.15. The number of nitrogens with one attached hydrogen (secondary N) is 4. The molecule has 2 fully saturated rings. The van der Waals surface area contributed by atoms with Crippen LogP contribution in [0, 0.1) is 5.92 Å². The van der Waals surface area contributed by atoms with Crippen LogP contribution in [0.3, 0.4) is 0 Å². The second-order valence-corrected chi connectivity index (χ2v) is 13.7. The summed E-state index contributed by atoms with van der Waals surface area (Å²) in [6, 6.07) is 17.3. The number of carbonyl (C=O) groups excluding carboxylic acids is 2. The highest BCUT2D eigenvalue weighted by Crippen LogP contribution is 2.42. The van der Waals surface area contributed by atoms with Gasteiger partial charge in [-0.1, -0.05) is 65.7 Å². The average Bonchev–Trinajstić information content (AvgIpc) is 3.87. The molecule has 2 aliphatic rings. The second kappa shape index (κ2) is 14.8. The van der Waals surface area contributed by atoms with E-state index in [2.05, 4.69) is 21.3 Å². The Morgan fingerprint density at radius 2 is 1.65 bits per heavy atom. The van der Waals surface area contributed by atoms with Crippen molar-refractivity contribution in [3.8, 4) is 39.4 Å². The van der Waals surface area contributed by atoms with E-state index in [9.17, 15) is 14.4 Å². The molecule has 14 heteroatoms. The van der Waals surface area contributed by atoms with Crippen molar-refractivity contribution < 1.29 is 14.3 Å². The highest BCUT2D eigenvalue weighted by molar-refractivity contribution is 6.39. The fourth-order valence-electron chi connectivity index (χ4n) is 6.72. The van der Waals surface area contributed by atoms with Gasteiger partial charge < -0.3 is 26.0 Å². The lowest BCUT2D eigenvalue weighted by atomic mass is 9.97. The number of carbonyl (C=O) groups is 2. The van der Waals surface area contributed by atoms with Gasteiger partial charge in [-0.3, -0.25) is 19.0 Å². The maximum absolute atomic E-state index is 13.4. The monoisotopic (exact) mass is 728 g/mol. The van der Waals surface area contributed by atoms with E-state index in [1.54, 1.807) is 30.9 Å². The molecule has 2 atom stereocenters. The normalized spacial score (nSPS) is 17.3. The van der Waals surface area contributed by atoms with Crippen LogP contribution in [0.5, 0.6) is 5.88 Å². The van der Waals surface area contributed by atoms with Crippen LogP contribution in [-0.4, -0.2) is 63.8 Å². The molecule has 51 heavy (non-hydrogen) atoms. The molecule has 3 aromatic heterocycles. The van der Waals surface area contributed by atoms with Crippen LogP contribution < -0.4 is 31.6 Å². The number of aromatic nitrogens is 4. The second-order valence-electron chi connectivity index (χ2n) is 13.0. The molecule has 264 valence electrons. The lowest BCUT2D eigenvalue weighted by molar-refractivity contribution is -0.120.